The van der Waals surface area contributed by atoms with Crippen molar-refractivity contribution >= 4 is 12.4 Å². The molecule has 56 valence electrons. The van der Waals surface area contributed by atoms with Crippen LogP contribution in [-0.4, -0.2) is 11.4 Å². The highest BCUT2D eigenvalue weighted by Gasteiger charge is 1.88. The molecule has 1 aromatic carbocycles. The molecule has 2 nitrogen and oxygen atoms in total. The number of allylic oxidation sites excluding steroid dienone is 1. The molecule has 0 saturated heterocycles. The van der Waals surface area contributed by atoms with Crippen molar-refractivity contribution in [1.82, 2.24) is 0 Å². The quantitative estimate of drug-likeness (QED) is 0.394. The lowest BCUT2D eigenvalue weighted by Crippen LogP contribution is -1.80. The number of aliphatic hydroxyl groups is 1. The van der Waals surface area contributed by atoms with E-state index in [4.69, 9.17) is 5.11 Å². The van der Waals surface area contributed by atoms with Crippen molar-refractivity contribution in [3.05, 3.63) is 41.7 Å². The van der Waals surface area contributed by atoms with E-state index in [0.29, 0.717) is 6.29 Å². The molecule has 11 heavy (non-hydrogen) atoms. The molecule has 0 heterocycles. The topological polar surface area (TPSA) is 37.3 Å². The molecule has 2 heteroatoms. The monoisotopic (exact) mass is 148 g/mol. The molecule has 0 bridgehead atoms. The summed E-state index contributed by atoms with van der Waals surface area (Å²) in [6, 6.07) is 9.16. The first-order valence-electron chi connectivity index (χ1n) is 3.24. The zero-order valence-corrected chi connectivity index (χ0v) is 5.90. The van der Waals surface area contributed by atoms with E-state index in [1.165, 1.54) is 6.08 Å². The average molecular weight is 148 g/mol. The fourth-order valence-corrected chi connectivity index (χ4v) is 0.754. The minimum atomic E-state index is -0.254. The van der Waals surface area contributed by atoms with Gasteiger partial charge in [-0.15, -0.1) is 0 Å². The second-order valence-corrected chi connectivity index (χ2v) is 2.10. The van der Waals surface area contributed by atoms with E-state index >= 15 is 0 Å². The van der Waals surface area contributed by atoms with E-state index in [1.807, 2.05) is 18.2 Å². The van der Waals surface area contributed by atoms with Gasteiger partial charge < -0.3 is 5.11 Å². The number of hydrogen-bond acceptors (Lipinski definition) is 2. The van der Waals surface area contributed by atoms with Crippen molar-refractivity contribution in [3.8, 4) is 0 Å². The van der Waals surface area contributed by atoms with Crippen LogP contribution in [0, 0.1) is 0 Å². The SMILES string of the molecule is O=C/C(O)=C\c1ccccc1. The maximum atomic E-state index is 9.99. The second-order valence-electron chi connectivity index (χ2n) is 2.10. The summed E-state index contributed by atoms with van der Waals surface area (Å²) in [5.74, 6) is -0.254. The molecule has 0 aliphatic heterocycles. The van der Waals surface area contributed by atoms with E-state index in [0.717, 1.165) is 5.56 Å². The Labute approximate surface area is 64.8 Å². The Balaban J connectivity index is 2.87. The van der Waals surface area contributed by atoms with Gasteiger partial charge in [-0.2, -0.15) is 0 Å². The van der Waals surface area contributed by atoms with Gasteiger partial charge >= 0.3 is 0 Å². The van der Waals surface area contributed by atoms with Crippen molar-refractivity contribution in [2.45, 2.75) is 0 Å². The van der Waals surface area contributed by atoms with Gasteiger partial charge in [0.25, 0.3) is 0 Å². The maximum Gasteiger partial charge on any atom is 0.184 e. The Bertz CT molecular complexity index is 262. The highest BCUT2D eigenvalue weighted by atomic mass is 16.3. The minimum absolute atomic E-state index is 0.254. The van der Waals surface area contributed by atoms with Crippen LogP contribution in [0.5, 0.6) is 0 Å². The predicted molar refractivity (Wildman–Crippen MR) is 43.1 cm³/mol. The highest BCUT2D eigenvalue weighted by Crippen LogP contribution is 2.02. The summed E-state index contributed by atoms with van der Waals surface area (Å²) >= 11 is 0. The Hall–Kier alpha value is -1.57. The molecule has 0 aromatic heterocycles. The summed E-state index contributed by atoms with van der Waals surface area (Å²) in [6.45, 7) is 0. The first-order valence-corrected chi connectivity index (χ1v) is 3.24. The van der Waals surface area contributed by atoms with Gasteiger partial charge in [0.1, 0.15) is 0 Å². The minimum Gasteiger partial charge on any atom is -0.505 e. The zero-order chi connectivity index (χ0) is 8.10. The molecule has 0 radical (unpaired) electrons. The predicted octanol–water partition coefficient (Wildman–Crippen LogP) is 1.78. The molecule has 1 aromatic rings. The largest absolute Gasteiger partial charge is 0.505 e. The third kappa shape index (κ3) is 2.26. The van der Waals surface area contributed by atoms with Crippen molar-refractivity contribution in [2.75, 3.05) is 0 Å². The molecule has 0 unspecified atom stereocenters. The van der Waals surface area contributed by atoms with Crippen LogP contribution in [0.4, 0.5) is 0 Å². The van der Waals surface area contributed by atoms with Crippen molar-refractivity contribution in [3.63, 3.8) is 0 Å². The van der Waals surface area contributed by atoms with Gasteiger partial charge in [0.05, 0.1) is 0 Å². The Morgan fingerprint density at radius 2 is 1.91 bits per heavy atom. The summed E-state index contributed by atoms with van der Waals surface area (Å²) in [5.41, 5.74) is 0.817. The lowest BCUT2D eigenvalue weighted by Gasteiger charge is -1.90. The summed E-state index contributed by atoms with van der Waals surface area (Å²) in [5, 5.41) is 8.80. The first kappa shape index (κ1) is 7.54. The van der Waals surface area contributed by atoms with E-state index in [1.54, 1.807) is 12.1 Å². The Morgan fingerprint density at radius 3 is 2.45 bits per heavy atom. The van der Waals surface area contributed by atoms with Gasteiger partial charge in [-0.05, 0) is 11.6 Å². The molecule has 0 atom stereocenters. The fraction of sp³-hybridized carbons (Fsp3) is 0. The van der Waals surface area contributed by atoms with Crippen molar-refractivity contribution < 1.29 is 9.90 Å². The molecule has 0 aliphatic rings. The third-order valence-electron chi connectivity index (χ3n) is 1.23. The van der Waals surface area contributed by atoms with Gasteiger partial charge in [0, 0.05) is 0 Å². The highest BCUT2D eigenvalue weighted by molar-refractivity contribution is 5.78. The standard InChI is InChI=1S/C9H8O2/c10-7-9(11)6-8-4-2-1-3-5-8/h1-7,11H/b9-6+. The molecule has 1 rings (SSSR count). The van der Waals surface area contributed by atoms with E-state index in [-0.39, 0.29) is 5.76 Å². The van der Waals surface area contributed by atoms with Crippen molar-refractivity contribution in [2.24, 2.45) is 0 Å². The van der Waals surface area contributed by atoms with Crippen LogP contribution in [0.1, 0.15) is 5.56 Å². The first-order chi connectivity index (χ1) is 5.33. The zero-order valence-electron chi connectivity index (χ0n) is 5.90. The Kier molecular flexibility index (Phi) is 2.44. The van der Waals surface area contributed by atoms with Crippen LogP contribution in [0.2, 0.25) is 0 Å². The number of hydrogen-bond donors (Lipinski definition) is 1. The Morgan fingerprint density at radius 1 is 1.27 bits per heavy atom. The molecule has 1 N–H and O–H groups in total. The second kappa shape index (κ2) is 3.56. The smallest absolute Gasteiger partial charge is 0.184 e. The van der Waals surface area contributed by atoms with Crippen LogP contribution in [-0.2, 0) is 4.79 Å². The molecule has 0 aliphatic carbocycles. The summed E-state index contributed by atoms with van der Waals surface area (Å²) in [6.07, 6.45) is 1.82. The molecular formula is C9H8O2. The number of carbonyl (C=O) groups excluding carboxylic acids is 1. The molecule has 0 spiro atoms. The molecule has 0 fully saturated rings. The average Bonchev–Trinajstić information content (AvgIpc) is 2.06. The summed E-state index contributed by atoms with van der Waals surface area (Å²) < 4.78 is 0. The number of aldehydes is 1. The van der Waals surface area contributed by atoms with Gasteiger partial charge in [0.2, 0.25) is 0 Å². The van der Waals surface area contributed by atoms with E-state index in [2.05, 4.69) is 0 Å². The normalized spacial score (nSPS) is 11.1. The number of benzene rings is 1. The van der Waals surface area contributed by atoms with Crippen molar-refractivity contribution in [1.29, 1.82) is 0 Å². The van der Waals surface area contributed by atoms with Crippen LogP contribution in [0.3, 0.4) is 0 Å². The summed E-state index contributed by atoms with van der Waals surface area (Å²) in [7, 11) is 0. The molecule has 0 amide bonds. The van der Waals surface area contributed by atoms with Crippen LogP contribution < -0.4 is 0 Å². The molecular weight excluding hydrogens is 140 g/mol. The fourth-order valence-electron chi connectivity index (χ4n) is 0.754. The number of aliphatic hydroxyl groups excluding tert-OH is 1. The molecule has 0 saturated carbocycles. The van der Waals surface area contributed by atoms with E-state index in [9.17, 15) is 4.79 Å². The van der Waals surface area contributed by atoms with Crippen LogP contribution in [0.15, 0.2) is 36.1 Å². The number of carbonyl (C=O) groups is 1. The van der Waals surface area contributed by atoms with E-state index < -0.39 is 0 Å². The van der Waals surface area contributed by atoms with Crippen LogP contribution in [0.25, 0.3) is 6.08 Å². The maximum absolute atomic E-state index is 9.99. The number of rotatable bonds is 2. The van der Waals surface area contributed by atoms with Gasteiger partial charge in [-0.3, -0.25) is 4.79 Å². The van der Waals surface area contributed by atoms with Gasteiger partial charge in [-0.25, -0.2) is 0 Å². The summed E-state index contributed by atoms with van der Waals surface area (Å²) in [4.78, 5) is 9.99. The van der Waals surface area contributed by atoms with Gasteiger partial charge in [0.15, 0.2) is 12.0 Å². The lowest BCUT2D eigenvalue weighted by molar-refractivity contribution is -0.106. The van der Waals surface area contributed by atoms with Crippen LogP contribution >= 0.6 is 0 Å². The third-order valence-corrected chi connectivity index (χ3v) is 1.23. The lowest BCUT2D eigenvalue weighted by atomic mass is 10.2. The van der Waals surface area contributed by atoms with Gasteiger partial charge in [-0.1, -0.05) is 30.3 Å².